The van der Waals surface area contributed by atoms with Gasteiger partial charge in [0.15, 0.2) is 0 Å². The number of esters is 1. The molecule has 0 atom stereocenters. The predicted molar refractivity (Wildman–Crippen MR) is 51.5 cm³/mol. The Bertz CT molecular complexity index is 204. The zero-order valence-corrected chi connectivity index (χ0v) is 9.01. The Hall–Kier alpha value is -0.830. The minimum atomic E-state index is -0.315. The third-order valence-corrected chi connectivity index (χ3v) is 1.82. The van der Waals surface area contributed by atoms with Gasteiger partial charge in [-0.15, -0.1) is 0 Å². The maximum Gasteiger partial charge on any atom is 0.330 e. The molecule has 0 aliphatic carbocycles. The highest BCUT2D eigenvalue weighted by molar-refractivity contribution is 5.82. The molecule has 13 heavy (non-hydrogen) atoms. The lowest BCUT2D eigenvalue weighted by Gasteiger charge is -2.22. The van der Waals surface area contributed by atoms with Gasteiger partial charge in [0, 0.05) is 13.2 Å². The SMILES string of the molecule is COC(=O)/C=C(\C)CC(C)(C)OC. The van der Waals surface area contributed by atoms with Crippen LogP contribution in [0, 0.1) is 0 Å². The molecule has 0 rings (SSSR count). The summed E-state index contributed by atoms with van der Waals surface area (Å²) in [5.41, 5.74) is 0.730. The highest BCUT2D eigenvalue weighted by atomic mass is 16.5. The zero-order valence-electron chi connectivity index (χ0n) is 9.01. The van der Waals surface area contributed by atoms with Crippen LogP contribution in [0.3, 0.4) is 0 Å². The highest BCUT2D eigenvalue weighted by Crippen LogP contribution is 2.18. The second-order valence-corrected chi connectivity index (χ2v) is 3.65. The van der Waals surface area contributed by atoms with Gasteiger partial charge in [0.1, 0.15) is 0 Å². The minimum Gasteiger partial charge on any atom is -0.466 e. The summed E-state index contributed by atoms with van der Waals surface area (Å²) in [6.07, 6.45) is 2.21. The molecule has 0 aliphatic rings. The van der Waals surface area contributed by atoms with Crippen LogP contribution in [0.5, 0.6) is 0 Å². The number of methoxy groups -OCH3 is 2. The van der Waals surface area contributed by atoms with Crippen molar-refractivity contribution in [3.63, 3.8) is 0 Å². The Kier molecular flexibility index (Phi) is 4.70. The van der Waals surface area contributed by atoms with E-state index in [9.17, 15) is 4.79 Å². The lowest BCUT2D eigenvalue weighted by atomic mass is 9.99. The van der Waals surface area contributed by atoms with Crippen LogP contribution in [0.4, 0.5) is 0 Å². The number of hydrogen-bond acceptors (Lipinski definition) is 3. The highest BCUT2D eigenvalue weighted by Gasteiger charge is 2.16. The molecule has 76 valence electrons. The van der Waals surface area contributed by atoms with Gasteiger partial charge in [-0.2, -0.15) is 0 Å². The van der Waals surface area contributed by atoms with E-state index in [1.54, 1.807) is 7.11 Å². The third-order valence-electron chi connectivity index (χ3n) is 1.82. The molecule has 0 aliphatic heterocycles. The number of hydrogen-bond donors (Lipinski definition) is 0. The maximum absolute atomic E-state index is 10.9. The fourth-order valence-corrected chi connectivity index (χ4v) is 1.05. The summed E-state index contributed by atoms with van der Waals surface area (Å²) in [5, 5.41) is 0. The van der Waals surface area contributed by atoms with E-state index < -0.39 is 0 Å². The van der Waals surface area contributed by atoms with Crippen molar-refractivity contribution in [1.29, 1.82) is 0 Å². The quantitative estimate of drug-likeness (QED) is 0.497. The van der Waals surface area contributed by atoms with E-state index in [2.05, 4.69) is 4.74 Å². The van der Waals surface area contributed by atoms with Crippen molar-refractivity contribution in [1.82, 2.24) is 0 Å². The van der Waals surface area contributed by atoms with Crippen LogP contribution in [-0.2, 0) is 14.3 Å². The molecule has 3 nitrogen and oxygen atoms in total. The molecule has 0 bridgehead atoms. The van der Waals surface area contributed by atoms with E-state index in [1.807, 2.05) is 20.8 Å². The fourth-order valence-electron chi connectivity index (χ4n) is 1.05. The van der Waals surface area contributed by atoms with Crippen LogP contribution in [-0.4, -0.2) is 25.8 Å². The molecule has 0 radical (unpaired) electrons. The first kappa shape index (κ1) is 12.2. The molecule has 0 spiro atoms. The molecule has 0 heterocycles. The number of carbonyl (C=O) groups is 1. The number of ether oxygens (including phenoxy) is 2. The normalized spacial score (nSPS) is 12.8. The van der Waals surface area contributed by atoms with Crippen LogP contribution in [0.25, 0.3) is 0 Å². The first-order valence-corrected chi connectivity index (χ1v) is 4.21. The molecule has 0 aromatic rings. The van der Waals surface area contributed by atoms with Gasteiger partial charge < -0.3 is 9.47 Å². The van der Waals surface area contributed by atoms with Crippen molar-refractivity contribution >= 4 is 5.97 Å². The zero-order chi connectivity index (χ0) is 10.5. The molecular formula is C10H18O3. The Morgan fingerprint density at radius 3 is 2.31 bits per heavy atom. The summed E-state index contributed by atoms with van der Waals surface area (Å²) in [7, 11) is 3.03. The van der Waals surface area contributed by atoms with Crippen LogP contribution in [0.15, 0.2) is 11.6 Å². The minimum absolute atomic E-state index is 0.228. The summed E-state index contributed by atoms with van der Waals surface area (Å²) in [6.45, 7) is 5.83. The van der Waals surface area contributed by atoms with E-state index in [4.69, 9.17) is 4.74 Å². The molecule has 0 aromatic carbocycles. The first-order chi connectivity index (χ1) is 5.91. The van der Waals surface area contributed by atoms with Crippen LogP contribution in [0.2, 0.25) is 0 Å². The monoisotopic (exact) mass is 186 g/mol. The smallest absolute Gasteiger partial charge is 0.330 e. The van der Waals surface area contributed by atoms with Gasteiger partial charge in [-0.25, -0.2) is 4.79 Å². The molecule has 3 heteroatoms. The average Bonchev–Trinajstić information content (AvgIpc) is 2.03. The first-order valence-electron chi connectivity index (χ1n) is 4.21. The Labute approximate surface area is 79.7 Å². The molecule has 0 N–H and O–H groups in total. The van der Waals surface area contributed by atoms with E-state index in [-0.39, 0.29) is 11.6 Å². The van der Waals surface area contributed by atoms with Crippen molar-refractivity contribution in [2.75, 3.05) is 14.2 Å². The number of rotatable bonds is 4. The fraction of sp³-hybridized carbons (Fsp3) is 0.700. The molecular weight excluding hydrogens is 168 g/mol. The molecule has 0 saturated heterocycles. The second-order valence-electron chi connectivity index (χ2n) is 3.65. The summed E-state index contributed by atoms with van der Waals surface area (Å²) < 4.78 is 9.74. The lowest BCUT2D eigenvalue weighted by Crippen LogP contribution is -2.22. The van der Waals surface area contributed by atoms with Crippen molar-refractivity contribution < 1.29 is 14.3 Å². The summed E-state index contributed by atoms with van der Waals surface area (Å²) >= 11 is 0. The van der Waals surface area contributed by atoms with Gasteiger partial charge in [0.05, 0.1) is 12.7 Å². The number of carbonyl (C=O) groups excluding carboxylic acids is 1. The van der Waals surface area contributed by atoms with Crippen molar-refractivity contribution in [2.24, 2.45) is 0 Å². The van der Waals surface area contributed by atoms with Gasteiger partial charge in [0.2, 0.25) is 0 Å². The van der Waals surface area contributed by atoms with Crippen molar-refractivity contribution in [3.8, 4) is 0 Å². The lowest BCUT2D eigenvalue weighted by molar-refractivity contribution is -0.134. The predicted octanol–water partition coefficient (Wildman–Crippen LogP) is 1.92. The van der Waals surface area contributed by atoms with Crippen LogP contribution >= 0.6 is 0 Å². The molecule has 0 saturated carbocycles. The van der Waals surface area contributed by atoms with E-state index in [0.717, 1.165) is 12.0 Å². The molecule has 0 unspecified atom stereocenters. The Morgan fingerprint density at radius 1 is 1.38 bits per heavy atom. The topological polar surface area (TPSA) is 35.5 Å². The molecule has 0 fully saturated rings. The third kappa shape index (κ3) is 5.42. The van der Waals surface area contributed by atoms with Crippen LogP contribution < -0.4 is 0 Å². The average molecular weight is 186 g/mol. The standard InChI is InChI=1S/C10H18O3/c1-8(6-9(11)12-4)7-10(2,3)13-5/h6H,7H2,1-5H3/b8-6+. The summed E-state index contributed by atoms with van der Waals surface area (Å²) in [4.78, 5) is 10.9. The Balaban J connectivity index is 4.21. The summed E-state index contributed by atoms with van der Waals surface area (Å²) in [5.74, 6) is -0.315. The van der Waals surface area contributed by atoms with Gasteiger partial charge in [-0.05, 0) is 27.2 Å². The van der Waals surface area contributed by atoms with Gasteiger partial charge in [-0.3, -0.25) is 0 Å². The largest absolute Gasteiger partial charge is 0.466 e. The Morgan fingerprint density at radius 2 is 1.92 bits per heavy atom. The van der Waals surface area contributed by atoms with Crippen molar-refractivity contribution in [2.45, 2.75) is 32.8 Å². The molecule has 0 aromatic heterocycles. The van der Waals surface area contributed by atoms with Gasteiger partial charge in [0.25, 0.3) is 0 Å². The van der Waals surface area contributed by atoms with Gasteiger partial charge in [-0.1, -0.05) is 5.57 Å². The maximum atomic E-state index is 10.9. The van der Waals surface area contributed by atoms with E-state index in [1.165, 1.54) is 13.2 Å². The second kappa shape index (κ2) is 5.02. The van der Waals surface area contributed by atoms with Crippen molar-refractivity contribution in [3.05, 3.63) is 11.6 Å². The van der Waals surface area contributed by atoms with E-state index >= 15 is 0 Å². The van der Waals surface area contributed by atoms with E-state index in [0.29, 0.717) is 0 Å². The molecule has 0 amide bonds. The van der Waals surface area contributed by atoms with Gasteiger partial charge >= 0.3 is 5.97 Å². The summed E-state index contributed by atoms with van der Waals surface area (Å²) in [6, 6.07) is 0. The van der Waals surface area contributed by atoms with Crippen LogP contribution in [0.1, 0.15) is 27.2 Å².